The van der Waals surface area contributed by atoms with Crippen LogP contribution in [0, 0.1) is 0 Å². The smallest absolute Gasteiger partial charge is 0.0629 e. The highest BCUT2D eigenvalue weighted by Crippen LogP contribution is 2.03. The Hall–Kier alpha value is -0.120. The van der Waals surface area contributed by atoms with Gasteiger partial charge in [0.05, 0.1) is 6.61 Å². The molecule has 1 N–H and O–H groups in total. The minimum Gasteiger partial charge on any atom is -0.383 e. The molecule has 66 valence electrons. The van der Waals surface area contributed by atoms with Crippen molar-refractivity contribution in [1.29, 1.82) is 0 Å². The lowest BCUT2D eigenvalue weighted by atomic mass is 10.2. The summed E-state index contributed by atoms with van der Waals surface area (Å²) in [7, 11) is 1.75. The van der Waals surface area contributed by atoms with E-state index in [0.717, 1.165) is 19.7 Å². The summed E-state index contributed by atoms with van der Waals surface area (Å²) < 4.78 is 5.08. The highest BCUT2D eigenvalue weighted by atomic mass is 16.5. The molecule has 0 aromatic heterocycles. The maximum absolute atomic E-state index is 5.08. The number of ether oxygens (including phenoxy) is 1. The van der Waals surface area contributed by atoms with Crippen molar-refractivity contribution in [2.45, 2.75) is 25.8 Å². The molecule has 0 aromatic rings. The van der Waals surface area contributed by atoms with Crippen LogP contribution in [0.4, 0.5) is 0 Å². The van der Waals surface area contributed by atoms with Crippen molar-refractivity contribution in [1.82, 2.24) is 10.4 Å². The Morgan fingerprint density at radius 1 is 1.55 bits per heavy atom. The first-order valence-corrected chi connectivity index (χ1v) is 4.33. The summed E-state index contributed by atoms with van der Waals surface area (Å²) in [5.74, 6) is 0. The molecule has 0 spiro atoms. The molecule has 1 saturated heterocycles. The largest absolute Gasteiger partial charge is 0.383 e. The van der Waals surface area contributed by atoms with Gasteiger partial charge in [-0.05, 0) is 19.8 Å². The quantitative estimate of drug-likeness (QED) is 0.651. The van der Waals surface area contributed by atoms with Gasteiger partial charge in [-0.2, -0.15) is 0 Å². The summed E-state index contributed by atoms with van der Waals surface area (Å²) in [5, 5.41) is 2.27. The molecule has 0 aromatic carbocycles. The van der Waals surface area contributed by atoms with E-state index in [4.69, 9.17) is 4.74 Å². The van der Waals surface area contributed by atoms with Gasteiger partial charge >= 0.3 is 0 Å². The second-order valence-corrected chi connectivity index (χ2v) is 3.11. The van der Waals surface area contributed by atoms with E-state index in [2.05, 4.69) is 17.4 Å². The number of nitrogens with one attached hydrogen (secondary N) is 1. The molecule has 0 saturated carbocycles. The van der Waals surface area contributed by atoms with E-state index in [1.165, 1.54) is 12.8 Å². The summed E-state index contributed by atoms with van der Waals surface area (Å²) in [6.07, 6.45) is 2.61. The SMILES string of the molecule is COCC(C)N1CCCCN1. The second-order valence-electron chi connectivity index (χ2n) is 3.11. The Morgan fingerprint density at radius 2 is 2.36 bits per heavy atom. The average Bonchev–Trinajstić information content (AvgIpc) is 2.07. The Kier molecular flexibility index (Phi) is 3.83. The molecule has 1 aliphatic rings. The van der Waals surface area contributed by atoms with Gasteiger partial charge in [0.25, 0.3) is 0 Å². The molecular formula is C8H18N2O. The lowest BCUT2D eigenvalue weighted by molar-refractivity contribution is 0.0480. The minimum absolute atomic E-state index is 0.500. The van der Waals surface area contributed by atoms with Gasteiger partial charge < -0.3 is 4.74 Å². The number of hydrogen-bond donors (Lipinski definition) is 1. The highest BCUT2D eigenvalue weighted by molar-refractivity contribution is 4.66. The zero-order valence-corrected chi connectivity index (χ0v) is 7.47. The molecule has 0 amide bonds. The van der Waals surface area contributed by atoms with Crippen LogP contribution < -0.4 is 5.43 Å². The lowest BCUT2D eigenvalue weighted by Gasteiger charge is -2.32. The lowest BCUT2D eigenvalue weighted by Crippen LogP contribution is -2.49. The van der Waals surface area contributed by atoms with Crippen molar-refractivity contribution in [3.05, 3.63) is 0 Å². The predicted octanol–water partition coefficient (Wildman–Crippen LogP) is 0.622. The maximum Gasteiger partial charge on any atom is 0.0629 e. The summed E-state index contributed by atoms with van der Waals surface area (Å²) in [6, 6.07) is 0.500. The molecule has 1 fully saturated rings. The summed E-state index contributed by atoms with van der Waals surface area (Å²) in [6.45, 7) is 5.27. The van der Waals surface area contributed by atoms with E-state index in [-0.39, 0.29) is 0 Å². The number of methoxy groups -OCH3 is 1. The van der Waals surface area contributed by atoms with Crippen molar-refractivity contribution < 1.29 is 4.74 Å². The van der Waals surface area contributed by atoms with Crippen LogP contribution in [0.25, 0.3) is 0 Å². The van der Waals surface area contributed by atoms with E-state index in [9.17, 15) is 0 Å². The van der Waals surface area contributed by atoms with E-state index in [1.54, 1.807) is 7.11 Å². The van der Waals surface area contributed by atoms with Gasteiger partial charge in [0.1, 0.15) is 0 Å². The molecule has 1 atom stereocenters. The minimum atomic E-state index is 0.500. The molecule has 1 heterocycles. The number of hydrazine groups is 1. The van der Waals surface area contributed by atoms with Crippen LogP contribution in [0.2, 0.25) is 0 Å². The van der Waals surface area contributed by atoms with Gasteiger partial charge in [-0.25, -0.2) is 5.01 Å². The third-order valence-electron chi connectivity index (χ3n) is 2.08. The third kappa shape index (κ3) is 2.77. The van der Waals surface area contributed by atoms with Crippen LogP contribution in [0.15, 0.2) is 0 Å². The zero-order chi connectivity index (χ0) is 8.10. The molecule has 1 aliphatic heterocycles. The standard InChI is InChI=1S/C8H18N2O/c1-8(7-11-2)10-6-4-3-5-9-10/h8-9H,3-7H2,1-2H3. The van der Waals surface area contributed by atoms with Gasteiger partial charge in [-0.1, -0.05) is 0 Å². The van der Waals surface area contributed by atoms with Gasteiger partial charge in [0, 0.05) is 26.2 Å². The third-order valence-corrected chi connectivity index (χ3v) is 2.08. The fourth-order valence-electron chi connectivity index (χ4n) is 1.42. The van der Waals surface area contributed by atoms with Crippen LogP contribution in [0.1, 0.15) is 19.8 Å². The first-order chi connectivity index (χ1) is 5.34. The van der Waals surface area contributed by atoms with E-state index < -0.39 is 0 Å². The average molecular weight is 158 g/mol. The van der Waals surface area contributed by atoms with Gasteiger partial charge in [-0.3, -0.25) is 5.43 Å². The summed E-state index contributed by atoms with van der Waals surface area (Å²) in [5.41, 5.74) is 3.36. The van der Waals surface area contributed by atoms with Gasteiger partial charge in [0.15, 0.2) is 0 Å². The molecule has 0 bridgehead atoms. The Bertz CT molecular complexity index is 102. The first kappa shape index (κ1) is 8.97. The predicted molar refractivity (Wildman–Crippen MR) is 45.3 cm³/mol. The van der Waals surface area contributed by atoms with Gasteiger partial charge in [-0.15, -0.1) is 0 Å². The molecule has 3 nitrogen and oxygen atoms in total. The monoisotopic (exact) mass is 158 g/mol. The van der Waals surface area contributed by atoms with Crippen molar-refractivity contribution >= 4 is 0 Å². The van der Waals surface area contributed by atoms with Crippen molar-refractivity contribution in [3.8, 4) is 0 Å². The number of hydrogen-bond acceptors (Lipinski definition) is 3. The molecule has 1 rings (SSSR count). The van der Waals surface area contributed by atoms with E-state index in [1.807, 2.05) is 0 Å². The Labute approximate surface area is 68.7 Å². The molecule has 3 heteroatoms. The number of nitrogens with zero attached hydrogens (tertiary/aromatic N) is 1. The van der Waals surface area contributed by atoms with Crippen LogP contribution in [0.3, 0.4) is 0 Å². The number of rotatable bonds is 3. The summed E-state index contributed by atoms with van der Waals surface area (Å²) in [4.78, 5) is 0. The van der Waals surface area contributed by atoms with Crippen LogP contribution in [0.5, 0.6) is 0 Å². The maximum atomic E-state index is 5.08. The fraction of sp³-hybridized carbons (Fsp3) is 1.00. The molecular weight excluding hydrogens is 140 g/mol. The molecule has 11 heavy (non-hydrogen) atoms. The van der Waals surface area contributed by atoms with Crippen molar-refractivity contribution in [2.75, 3.05) is 26.8 Å². The highest BCUT2D eigenvalue weighted by Gasteiger charge is 2.15. The van der Waals surface area contributed by atoms with Crippen LogP contribution in [-0.4, -0.2) is 37.9 Å². The van der Waals surface area contributed by atoms with E-state index >= 15 is 0 Å². The normalized spacial score (nSPS) is 23.5. The van der Waals surface area contributed by atoms with E-state index in [0.29, 0.717) is 6.04 Å². The fourth-order valence-corrected chi connectivity index (χ4v) is 1.42. The molecule has 0 radical (unpaired) electrons. The summed E-state index contributed by atoms with van der Waals surface area (Å²) >= 11 is 0. The van der Waals surface area contributed by atoms with Crippen LogP contribution in [-0.2, 0) is 4.74 Å². The Morgan fingerprint density at radius 3 is 2.91 bits per heavy atom. The van der Waals surface area contributed by atoms with Gasteiger partial charge in [0.2, 0.25) is 0 Å². The van der Waals surface area contributed by atoms with Crippen molar-refractivity contribution in [3.63, 3.8) is 0 Å². The topological polar surface area (TPSA) is 24.5 Å². The van der Waals surface area contributed by atoms with Crippen LogP contribution >= 0.6 is 0 Å². The van der Waals surface area contributed by atoms with Crippen molar-refractivity contribution in [2.24, 2.45) is 0 Å². The molecule has 0 aliphatic carbocycles. The zero-order valence-electron chi connectivity index (χ0n) is 7.47. The second kappa shape index (κ2) is 4.70. The Balaban J connectivity index is 2.21. The molecule has 1 unspecified atom stereocenters. The first-order valence-electron chi connectivity index (χ1n) is 4.33.